The molecule has 7 heteroatoms. The first kappa shape index (κ1) is 17.0. The molecule has 1 aromatic rings. The maximum atomic E-state index is 10.2. The van der Waals surface area contributed by atoms with Crippen LogP contribution in [0.1, 0.15) is 20.3 Å². The zero-order chi connectivity index (χ0) is 15.0. The standard InChI is InChI=1S/C13H24N4O2S/c1-5-14-10-8-11(17-12(16-10)20-4)15-9-13(2,18)6-7-19-3/h8,18H,5-7,9H2,1-4H3,(H2,14,15,16,17). The lowest BCUT2D eigenvalue weighted by molar-refractivity contribution is 0.0357. The summed E-state index contributed by atoms with van der Waals surface area (Å²) in [7, 11) is 1.63. The van der Waals surface area contributed by atoms with E-state index in [0.717, 1.165) is 12.4 Å². The second-order valence-corrected chi connectivity index (χ2v) is 5.52. The molecule has 0 bridgehead atoms. The maximum absolute atomic E-state index is 10.2. The molecule has 0 aliphatic heterocycles. The van der Waals surface area contributed by atoms with Crippen molar-refractivity contribution in [3.8, 4) is 0 Å². The summed E-state index contributed by atoms with van der Waals surface area (Å²) in [5, 5.41) is 17.2. The molecule has 0 aromatic carbocycles. The molecule has 1 heterocycles. The van der Waals surface area contributed by atoms with Gasteiger partial charge < -0.3 is 20.5 Å². The van der Waals surface area contributed by atoms with Crippen LogP contribution in [-0.2, 0) is 4.74 Å². The summed E-state index contributed by atoms with van der Waals surface area (Å²) < 4.78 is 4.99. The molecule has 0 saturated carbocycles. The summed E-state index contributed by atoms with van der Waals surface area (Å²) in [6.07, 6.45) is 2.50. The van der Waals surface area contributed by atoms with Gasteiger partial charge >= 0.3 is 0 Å². The van der Waals surface area contributed by atoms with E-state index in [9.17, 15) is 5.11 Å². The fourth-order valence-corrected chi connectivity index (χ4v) is 1.95. The maximum Gasteiger partial charge on any atom is 0.191 e. The Labute approximate surface area is 124 Å². The van der Waals surface area contributed by atoms with Gasteiger partial charge in [0.15, 0.2) is 5.16 Å². The number of methoxy groups -OCH3 is 1. The number of hydrogen-bond donors (Lipinski definition) is 3. The Kier molecular flexibility index (Phi) is 7.04. The first-order valence-corrected chi connectivity index (χ1v) is 7.85. The van der Waals surface area contributed by atoms with Crippen LogP contribution in [0.5, 0.6) is 0 Å². The lowest BCUT2D eigenvalue weighted by Gasteiger charge is -2.23. The number of thioether (sulfide) groups is 1. The van der Waals surface area contributed by atoms with Crippen LogP contribution in [0.3, 0.4) is 0 Å². The Morgan fingerprint density at radius 1 is 1.35 bits per heavy atom. The summed E-state index contributed by atoms with van der Waals surface area (Å²) in [6, 6.07) is 1.84. The van der Waals surface area contributed by atoms with Crippen molar-refractivity contribution < 1.29 is 9.84 Å². The Hall–Kier alpha value is -1.05. The number of anilines is 2. The third kappa shape index (κ3) is 5.94. The van der Waals surface area contributed by atoms with E-state index in [1.165, 1.54) is 11.8 Å². The molecule has 0 spiro atoms. The van der Waals surface area contributed by atoms with Gasteiger partial charge in [0.1, 0.15) is 11.6 Å². The predicted molar refractivity (Wildman–Crippen MR) is 83.6 cm³/mol. The minimum absolute atomic E-state index is 0.409. The molecule has 0 fully saturated rings. The van der Waals surface area contributed by atoms with Gasteiger partial charge in [0.05, 0.1) is 5.60 Å². The topological polar surface area (TPSA) is 79.3 Å². The summed E-state index contributed by atoms with van der Waals surface area (Å²) in [6.45, 7) is 5.53. The van der Waals surface area contributed by atoms with Gasteiger partial charge in [-0.2, -0.15) is 0 Å². The molecule has 0 aliphatic rings. The molecule has 6 nitrogen and oxygen atoms in total. The van der Waals surface area contributed by atoms with Gasteiger partial charge in [0.2, 0.25) is 0 Å². The Balaban J connectivity index is 2.68. The van der Waals surface area contributed by atoms with E-state index in [-0.39, 0.29) is 0 Å². The number of rotatable bonds is 9. The third-order valence-electron chi connectivity index (χ3n) is 2.74. The van der Waals surface area contributed by atoms with Crippen LogP contribution >= 0.6 is 11.8 Å². The van der Waals surface area contributed by atoms with Crippen LogP contribution in [0, 0.1) is 0 Å². The van der Waals surface area contributed by atoms with Crippen molar-refractivity contribution in [2.45, 2.75) is 31.0 Å². The van der Waals surface area contributed by atoms with Gasteiger partial charge in [-0.25, -0.2) is 9.97 Å². The van der Waals surface area contributed by atoms with Crippen molar-refractivity contribution in [3.63, 3.8) is 0 Å². The number of hydrogen-bond acceptors (Lipinski definition) is 7. The molecule has 114 valence electrons. The fourth-order valence-electron chi connectivity index (χ4n) is 1.57. The van der Waals surface area contributed by atoms with Gasteiger partial charge in [-0.1, -0.05) is 11.8 Å². The van der Waals surface area contributed by atoms with E-state index >= 15 is 0 Å². The lowest BCUT2D eigenvalue weighted by atomic mass is 10.0. The van der Waals surface area contributed by atoms with E-state index in [4.69, 9.17) is 4.74 Å². The number of aromatic nitrogens is 2. The van der Waals surface area contributed by atoms with Crippen LogP contribution in [0.15, 0.2) is 11.2 Å². The van der Waals surface area contributed by atoms with Gasteiger partial charge in [-0.3, -0.25) is 0 Å². The minimum Gasteiger partial charge on any atom is -0.388 e. The van der Waals surface area contributed by atoms with Crippen molar-refractivity contribution in [1.29, 1.82) is 0 Å². The molecule has 3 N–H and O–H groups in total. The zero-order valence-electron chi connectivity index (χ0n) is 12.6. The molecule has 1 rings (SSSR count). The largest absolute Gasteiger partial charge is 0.388 e. The van der Waals surface area contributed by atoms with Crippen LogP contribution in [-0.4, -0.2) is 53.7 Å². The average Bonchev–Trinajstić information content (AvgIpc) is 2.43. The van der Waals surface area contributed by atoms with Gasteiger partial charge in [-0.05, 0) is 20.1 Å². The van der Waals surface area contributed by atoms with Crippen LogP contribution < -0.4 is 10.6 Å². The summed E-state index contributed by atoms with van der Waals surface area (Å²) in [5.74, 6) is 1.49. The second-order valence-electron chi connectivity index (χ2n) is 4.75. The van der Waals surface area contributed by atoms with Gasteiger partial charge in [0, 0.05) is 39.3 Å². The highest BCUT2D eigenvalue weighted by molar-refractivity contribution is 7.98. The third-order valence-corrected chi connectivity index (χ3v) is 3.29. The van der Waals surface area contributed by atoms with E-state index < -0.39 is 5.60 Å². The Morgan fingerprint density at radius 3 is 2.55 bits per heavy atom. The first-order valence-electron chi connectivity index (χ1n) is 6.63. The summed E-state index contributed by atoms with van der Waals surface area (Å²) in [5.41, 5.74) is -0.834. The van der Waals surface area contributed by atoms with Crippen LogP contribution in [0.4, 0.5) is 11.6 Å². The van der Waals surface area contributed by atoms with E-state index in [1.54, 1.807) is 14.0 Å². The number of ether oxygens (including phenoxy) is 1. The zero-order valence-corrected chi connectivity index (χ0v) is 13.4. The van der Waals surface area contributed by atoms with E-state index in [2.05, 4.69) is 20.6 Å². The van der Waals surface area contributed by atoms with Crippen molar-refractivity contribution in [3.05, 3.63) is 6.07 Å². The predicted octanol–water partition coefficient (Wildman–Crippen LogP) is 1.83. The fraction of sp³-hybridized carbons (Fsp3) is 0.692. The van der Waals surface area contributed by atoms with E-state index in [1.807, 2.05) is 19.2 Å². The lowest BCUT2D eigenvalue weighted by Crippen LogP contribution is -2.34. The molecule has 0 aliphatic carbocycles. The Morgan fingerprint density at radius 2 is 2.00 bits per heavy atom. The summed E-state index contributed by atoms with van der Waals surface area (Å²) in [4.78, 5) is 8.73. The SMILES string of the molecule is CCNc1cc(NCC(C)(O)CCOC)nc(SC)n1. The normalized spacial score (nSPS) is 13.8. The molecule has 1 aromatic heterocycles. The highest BCUT2D eigenvalue weighted by Crippen LogP contribution is 2.18. The van der Waals surface area contributed by atoms with Gasteiger partial charge in [-0.15, -0.1) is 0 Å². The highest BCUT2D eigenvalue weighted by Gasteiger charge is 2.20. The molecule has 0 saturated heterocycles. The molecule has 1 unspecified atom stereocenters. The average molecular weight is 300 g/mol. The first-order chi connectivity index (χ1) is 9.50. The Bertz CT molecular complexity index is 415. The number of nitrogens with zero attached hydrogens (tertiary/aromatic N) is 2. The van der Waals surface area contributed by atoms with Crippen LogP contribution in [0.2, 0.25) is 0 Å². The van der Waals surface area contributed by atoms with Crippen molar-refractivity contribution in [2.24, 2.45) is 0 Å². The molecule has 1 atom stereocenters. The molecular weight excluding hydrogens is 276 g/mol. The molecule has 20 heavy (non-hydrogen) atoms. The monoisotopic (exact) mass is 300 g/mol. The number of nitrogens with one attached hydrogen (secondary N) is 2. The smallest absolute Gasteiger partial charge is 0.191 e. The van der Waals surface area contributed by atoms with Crippen molar-refractivity contribution in [1.82, 2.24) is 9.97 Å². The highest BCUT2D eigenvalue weighted by atomic mass is 32.2. The van der Waals surface area contributed by atoms with E-state index in [0.29, 0.717) is 30.5 Å². The van der Waals surface area contributed by atoms with Crippen molar-refractivity contribution >= 4 is 23.4 Å². The molecule has 0 amide bonds. The molecule has 0 radical (unpaired) electrons. The van der Waals surface area contributed by atoms with Gasteiger partial charge in [0.25, 0.3) is 0 Å². The minimum atomic E-state index is -0.834. The van der Waals surface area contributed by atoms with Crippen molar-refractivity contribution in [2.75, 3.05) is 43.7 Å². The number of aliphatic hydroxyl groups is 1. The van der Waals surface area contributed by atoms with Crippen LogP contribution in [0.25, 0.3) is 0 Å². The summed E-state index contributed by atoms with van der Waals surface area (Å²) >= 11 is 1.49. The molecular formula is C13H24N4O2S. The second kappa shape index (κ2) is 8.28. The quantitative estimate of drug-likeness (QED) is 0.474.